The lowest BCUT2D eigenvalue weighted by Gasteiger charge is -2.10. The second kappa shape index (κ2) is 5.00. The summed E-state index contributed by atoms with van der Waals surface area (Å²) in [4.78, 5) is 2.17. The first kappa shape index (κ1) is 10.2. The van der Waals surface area contributed by atoms with Gasteiger partial charge in [0.15, 0.2) is 0 Å². The minimum atomic E-state index is 0.728. The van der Waals surface area contributed by atoms with E-state index in [1.807, 2.05) is 0 Å². The van der Waals surface area contributed by atoms with Gasteiger partial charge < -0.3 is 10.6 Å². The van der Waals surface area contributed by atoms with Crippen LogP contribution in [0.3, 0.4) is 0 Å². The predicted octanol–water partition coefficient (Wildman–Crippen LogP) is 1.25. The highest BCUT2D eigenvalue weighted by molar-refractivity contribution is 5.23. The summed E-state index contributed by atoms with van der Waals surface area (Å²) in [5, 5.41) is 0. The molecule has 0 heterocycles. The van der Waals surface area contributed by atoms with Crippen LogP contribution < -0.4 is 5.73 Å². The first-order chi connectivity index (χ1) is 6.22. The van der Waals surface area contributed by atoms with Gasteiger partial charge in [-0.2, -0.15) is 0 Å². The van der Waals surface area contributed by atoms with Crippen molar-refractivity contribution < 1.29 is 0 Å². The second-order valence-corrected chi connectivity index (χ2v) is 3.60. The molecule has 0 unspecified atom stereocenters. The Hall–Kier alpha value is -0.860. The van der Waals surface area contributed by atoms with E-state index in [4.69, 9.17) is 5.73 Å². The van der Waals surface area contributed by atoms with E-state index < -0.39 is 0 Å². The molecule has 2 nitrogen and oxygen atoms in total. The fourth-order valence-corrected chi connectivity index (χ4v) is 1.42. The molecule has 2 heteroatoms. The Morgan fingerprint density at radius 3 is 2.54 bits per heavy atom. The highest BCUT2D eigenvalue weighted by atomic mass is 15.0. The van der Waals surface area contributed by atoms with Crippen LogP contribution in [0.5, 0.6) is 0 Å². The van der Waals surface area contributed by atoms with Crippen LogP contribution in [0.4, 0.5) is 0 Å². The number of benzene rings is 1. The van der Waals surface area contributed by atoms with E-state index in [-0.39, 0.29) is 0 Å². The zero-order valence-corrected chi connectivity index (χ0v) is 8.46. The van der Waals surface area contributed by atoms with Gasteiger partial charge in [0.2, 0.25) is 0 Å². The van der Waals surface area contributed by atoms with Gasteiger partial charge in [0, 0.05) is 6.54 Å². The highest BCUT2D eigenvalue weighted by Gasteiger charge is 1.96. The quantitative estimate of drug-likeness (QED) is 0.752. The van der Waals surface area contributed by atoms with Gasteiger partial charge >= 0.3 is 0 Å². The molecule has 1 aromatic rings. The maximum Gasteiger partial charge on any atom is 0.0227 e. The van der Waals surface area contributed by atoms with Gasteiger partial charge in [-0.1, -0.05) is 24.3 Å². The lowest BCUT2D eigenvalue weighted by molar-refractivity contribution is 0.402. The molecule has 0 aliphatic rings. The van der Waals surface area contributed by atoms with Gasteiger partial charge in [-0.25, -0.2) is 0 Å². The van der Waals surface area contributed by atoms with Crippen molar-refractivity contribution in [2.24, 2.45) is 5.73 Å². The van der Waals surface area contributed by atoms with Crippen LogP contribution in [0.1, 0.15) is 11.1 Å². The summed E-state index contributed by atoms with van der Waals surface area (Å²) in [6, 6.07) is 8.61. The van der Waals surface area contributed by atoms with Crippen molar-refractivity contribution in [1.82, 2.24) is 4.90 Å². The zero-order chi connectivity index (χ0) is 9.68. The fourth-order valence-electron chi connectivity index (χ4n) is 1.42. The number of nitrogens with two attached hydrogens (primary N) is 1. The molecule has 0 amide bonds. The third-order valence-electron chi connectivity index (χ3n) is 1.92. The Morgan fingerprint density at radius 1 is 1.23 bits per heavy atom. The SMILES string of the molecule is CN(C)Cc1cccc(CCN)c1. The summed E-state index contributed by atoms with van der Waals surface area (Å²) < 4.78 is 0. The average Bonchev–Trinajstić information content (AvgIpc) is 2.04. The molecule has 1 aromatic carbocycles. The van der Waals surface area contributed by atoms with Crippen molar-refractivity contribution in [2.75, 3.05) is 20.6 Å². The first-order valence-electron chi connectivity index (χ1n) is 4.65. The molecule has 2 N–H and O–H groups in total. The van der Waals surface area contributed by atoms with Crippen molar-refractivity contribution in [1.29, 1.82) is 0 Å². The van der Waals surface area contributed by atoms with E-state index >= 15 is 0 Å². The Kier molecular flexibility index (Phi) is 3.93. The molecule has 0 spiro atoms. The molecule has 1 rings (SSSR count). The molecule has 0 radical (unpaired) electrons. The summed E-state index contributed by atoms with van der Waals surface area (Å²) in [5.74, 6) is 0. The van der Waals surface area contributed by atoms with Crippen LogP contribution in [0.25, 0.3) is 0 Å². The largest absolute Gasteiger partial charge is 0.330 e. The Bertz CT molecular complexity index is 256. The van der Waals surface area contributed by atoms with Crippen molar-refractivity contribution >= 4 is 0 Å². The number of rotatable bonds is 4. The minimum absolute atomic E-state index is 0.728. The number of hydrogen-bond donors (Lipinski definition) is 1. The first-order valence-corrected chi connectivity index (χ1v) is 4.65. The molecule has 0 aliphatic carbocycles. The summed E-state index contributed by atoms with van der Waals surface area (Å²) in [7, 11) is 4.16. The van der Waals surface area contributed by atoms with Crippen LogP contribution in [0.2, 0.25) is 0 Å². The number of hydrogen-bond acceptors (Lipinski definition) is 2. The molecule has 0 bridgehead atoms. The summed E-state index contributed by atoms with van der Waals surface area (Å²) >= 11 is 0. The van der Waals surface area contributed by atoms with Crippen LogP contribution in [0.15, 0.2) is 24.3 Å². The normalized spacial score (nSPS) is 10.8. The van der Waals surface area contributed by atoms with Crippen molar-refractivity contribution in [3.8, 4) is 0 Å². The molecule has 0 fully saturated rings. The van der Waals surface area contributed by atoms with Crippen molar-refractivity contribution in [3.05, 3.63) is 35.4 Å². The van der Waals surface area contributed by atoms with Crippen molar-refractivity contribution in [2.45, 2.75) is 13.0 Å². The molecular weight excluding hydrogens is 160 g/mol. The van der Waals surface area contributed by atoms with Gasteiger partial charge in [-0.15, -0.1) is 0 Å². The fraction of sp³-hybridized carbons (Fsp3) is 0.455. The van der Waals surface area contributed by atoms with E-state index in [0.29, 0.717) is 0 Å². The van der Waals surface area contributed by atoms with Gasteiger partial charge in [-0.3, -0.25) is 0 Å². The van der Waals surface area contributed by atoms with Crippen LogP contribution in [-0.4, -0.2) is 25.5 Å². The standard InChI is InChI=1S/C11H18N2/c1-13(2)9-11-5-3-4-10(8-11)6-7-12/h3-5,8H,6-7,9,12H2,1-2H3. The maximum atomic E-state index is 5.50. The average molecular weight is 178 g/mol. The third-order valence-corrected chi connectivity index (χ3v) is 1.92. The van der Waals surface area contributed by atoms with E-state index in [2.05, 4.69) is 43.3 Å². The Balaban J connectivity index is 2.67. The molecule has 0 aromatic heterocycles. The molecule has 0 atom stereocenters. The van der Waals surface area contributed by atoms with Gasteiger partial charge in [-0.05, 0) is 38.2 Å². The smallest absolute Gasteiger partial charge is 0.0227 e. The maximum absolute atomic E-state index is 5.50. The number of nitrogens with zero attached hydrogens (tertiary/aromatic N) is 1. The summed E-state index contributed by atoms with van der Waals surface area (Å²) in [5.41, 5.74) is 8.19. The molecular formula is C11H18N2. The topological polar surface area (TPSA) is 29.3 Å². The minimum Gasteiger partial charge on any atom is -0.330 e. The second-order valence-electron chi connectivity index (χ2n) is 3.60. The highest BCUT2D eigenvalue weighted by Crippen LogP contribution is 2.06. The Labute approximate surface area is 80.4 Å². The van der Waals surface area contributed by atoms with Gasteiger partial charge in [0.25, 0.3) is 0 Å². The Morgan fingerprint density at radius 2 is 1.92 bits per heavy atom. The van der Waals surface area contributed by atoms with E-state index in [1.54, 1.807) is 0 Å². The predicted molar refractivity (Wildman–Crippen MR) is 56.6 cm³/mol. The summed E-state index contributed by atoms with van der Waals surface area (Å²) in [6.45, 7) is 1.73. The zero-order valence-electron chi connectivity index (χ0n) is 8.46. The summed E-state index contributed by atoms with van der Waals surface area (Å²) in [6.07, 6.45) is 0.973. The van der Waals surface area contributed by atoms with E-state index in [9.17, 15) is 0 Å². The molecule has 0 saturated carbocycles. The molecule has 72 valence electrons. The third kappa shape index (κ3) is 3.57. The van der Waals surface area contributed by atoms with Gasteiger partial charge in [0.05, 0.1) is 0 Å². The monoisotopic (exact) mass is 178 g/mol. The van der Waals surface area contributed by atoms with Crippen molar-refractivity contribution in [3.63, 3.8) is 0 Å². The molecule has 13 heavy (non-hydrogen) atoms. The van der Waals surface area contributed by atoms with Crippen LogP contribution >= 0.6 is 0 Å². The lowest BCUT2D eigenvalue weighted by Crippen LogP contribution is -2.11. The van der Waals surface area contributed by atoms with E-state index in [0.717, 1.165) is 19.5 Å². The van der Waals surface area contributed by atoms with E-state index in [1.165, 1.54) is 11.1 Å². The molecule has 0 saturated heterocycles. The molecule has 0 aliphatic heterocycles. The van der Waals surface area contributed by atoms with Gasteiger partial charge in [0.1, 0.15) is 0 Å². The van der Waals surface area contributed by atoms with Crippen LogP contribution in [0, 0.1) is 0 Å². The van der Waals surface area contributed by atoms with Crippen LogP contribution in [-0.2, 0) is 13.0 Å². The lowest BCUT2D eigenvalue weighted by atomic mass is 10.1.